The number of rotatable bonds is 3. The average Bonchev–Trinajstić information content (AvgIpc) is 2.46. The fourth-order valence-electron chi connectivity index (χ4n) is 1.64. The summed E-state index contributed by atoms with van der Waals surface area (Å²) in [5.41, 5.74) is 3.31. The van der Waals surface area contributed by atoms with Crippen molar-refractivity contribution in [3.05, 3.63) is 47.0 Å². The summed E-state index contributed by atoms with van der Waals surface area (Å²) in [6.45, 7) is 6.38. The molecule has 1 aromatic carbocycles. The van der Waals surface area contributed by atoms with E-state index < -0.39 is 0 Å². The van der Waals surface area contributed by atoms with Crippen molar-refractivity contribution in [2.75, 3.05) is 0 Å². The van der Waals surface area contributed by atoms with Gasteiger partial charge in [0, 0.05) is 23.1 Å². The molecule has 0 bridgehead atoms. The summed E-state index contributed by atoms with van der Waals surface area (Å²) in [4.78, 5) is 0. The van der Waals surface area contributed by atoms with Crippen LogP contribution in [0.1, 0.15) is 52.0 Å². The lowest BCUT2D eigenvalue weighted by molar-refractivity contribution is 0.828. The van der Waals surface area contributed by atoms with Crippen LogP contribution in [0.4, 0.5) is 0 Å². The zero-order valence-corrected chi connectivity index (χ0v) is 12.2. The van der Waals surface area contributed by atoms with Gasteiger partial charge in [0.15, 0.2) is 0 Å². The van der Waals surface area contributed by atoms with Crippen molar-refractivity contribution in [3.63, 3.8) is 0 Å². The van der Waals surface area contributed by atoms with Crippen molar-refractivity contribution in [2.45, 2.75) is 46.5 Å². The van der Waals surface area contributed by atoms with Gasteiger partial charge in [0.05, 0.1) is 0 Å². The second-order valence-electron chi connectivity index (χ2n) is 4.48. The van der Waals surface area contributed by atoms with Crippen LogP contribution < -0.4 is 0 Å². The Labute approximate surface area is 117 Å². The zero-order valence-electron chi connectivity index (χ0n) is 12.2. The Morgan fingerprint density at radius 2 is 1.79 bits per heavy atom. The predicted molar refractivity (Wildman–Crippen MR) is 83.6 cm³/mol. The molecule has 0 unspecified atom stereocenters. The first kappa shape index (κ1) is 15.1. The van der Waals surface area contributed by atoms with Crippen molar-refractivity contribution >= 4 is 0 Å². The summed E-state index contributed by atoms with van der Waals surface area (Å²) in [7, 11) is 0. The van der Waals surface area contributed by atoms with E-state index in [1.807, 2.05) is 30.3 Å². The van der Waals surface area contributed by atoms with Crippen LogP contribution >= 0.6 is 0 Å². The van der Waals surface area contributed by atoms with Gasteiger partial charge in [0.2, 0.25) is 0 Å². The van der Waals surface area contributed by atoms with E-state index >= 15 is 0 Å². The topological polar surface area (TPSA) is 0 Å². The van der Waals surface area contributed by atoms with Gasteiger partial charge < -0.3 is 0 Å². The first-order valence-corrected chi connectivity index (χ1v) is 7.03. The van der Waals surface area contributed by atoms with Crippen molar-refractivity contribution in [1.29, 1.82) is 0 Å². The molecular formula is C19H22. The maximum Gasteiger partial charge on any atom is 0.0248 e. The highest BCUT2D eigenvalue weighted by atomic mass is 14.0. The van der Waals surface area contributed by atoms with Crippen LogP contribution in [-0.2, 0) is 0 Å². The van der Waals surface area contributed by atoms with Gasteiger partial charge in [-0.2, -0.15) is 0 Å². The van der Waals surface area contributed by atoms with E-state index in [4.69, 9.17) is 0 Å². The molecule has 0 heterocycles. The molecular weight excluding hydrogens is 228 g/mol. The second-order valence-corrected chi connectivity index (χ2v) is 4.48. The smallest absolute Gasteiger partial charge is 0.0248 e. The molecule has 0 radical (unpaired) electrons. The molecule has 0 atom stereocenters. The summed E-state index contributed by atoms with van der Waals surface area (Å²) in [5.74, 6) is 12.9. The van der Waals surface area contributed by atoms with Crippen molar-refractivity contribution in [1.82, 2.24) is 0 Å². The predicted octanol–water partition coefficient (Wildman–Crippen LogP) is 4.96. The molecule has 0 aliphatic rings. The van der Waals surface area contributed by atoms with Crippen molar-refractivity contribution < 1.29 is 0 Å². The van der Waals surface area contributed by atoms with Crippen molar-refractivity contribution in [2.24, 2.45) is 0 Å². The summed E-state index contributed by atoms with van der Waals surface area (Å²) >= 11 is 0. The monoisotopic (exact) mass is 250 g/mol. The van der Waals surface area contributed by atoms with Crippen LogP contribution in [0.2, 0.25) is 0 Å². The zero-order chi connectivity index (χ0) is 13.9. The van der Waals surface area contributed by atoms with Crippen LogP contribution in [0.3, 0.4) is 0 Å². The lowest BCUT2D eigenvalue weighted by Crippen LogP contribution is -1.83. The fourth-order valence-corrected chi connectivity index (χ4v) is 1.64. The van der Waals surface area contributed by atoms with Gasteiger partial charge in [-0.15, -0.1) is 0 Å². The third-order valence-electron chi connectivity index (χ3n) is 2.87. The van der Waals surface area contributed by atoms with Crippen LogP contribution in [-0.4, -0.2) is 0 Å². The lowest BCUT2D eigenvalue weighted by Gasteiger charge is -1.96. The molecule has 98 valence electrons. The summed E-state index contributed by atoms with van der Waals surface area (Å²) in [6, 6.07) is 10.1. The van der Waals surface area contributed by atoms with Crippen molar-refractivity contribution in [3.8, 4) is 23.7 Å². The number of unbranched alkanes of at least 4 members (excludes halogenated alkanes) is 2. The normalized spacial score (nSPS) is 10.7. The standard InChI is InChI=1S/C19H22/c1-4-6-7-11-14-19(5-2)17(3)15-16-18-12-9-8-10-13-18/h8-10,12-13H,4-7H2,1-3H3/b19-17+. The molecule has 1 rings (SSSR count). The largest absolute Gasteiger partial charge is 0.0982 e. The minimum Gasteiger partial charge on any atom is -0.0982 e. The molecule has 0 heteroatoms. The van der Waals surface area contributed by atoms with Gasteiger partial charge in [-0.25, -0.2) is 0 Å². The maximum absolute atomic E-state index is 3.27. The summed E-state index contributed by atoms with van der Waals surface area (Å²) in [6.07, 6.45) is 4.32. The molecule has 0 saturated carbocycles. The second kappa shape index (κ2) is 9.07. The van der Waals surface area contributed by atoms with Gasteiger partial charge in [-0.05, 0) is 31.9 Å². The molecule has 0 nitrogen and oxygen atoms in total. The van der Waals surface area contributed by atoms with E-state index in [2.05, 4.69) is 44.5 Å². The lowest BCUT2D eigenvalue weighted by atomic mass is 10.1. The number of allylic oxidation sites excluding steroid dienone is 2. The number of hydrogen-bond acceptors (Lipinski definition) is 0. The Kier molecular flexibility index (Phi) is 7.23. The Balaban J connectivity index is 2.81. The van der Waals surface area contributed by atoms with E-state index in [0.29, 0.717) is 0 Å². The Morgan fingerprint density at radius 1 is 1.05 bits per heavy atom. The minimum atomic E-state index is 0.953. The van der Waals surface area contributed by atoms with Crippen LogP contribution in [0.5, 0.6) is 0 Å². The molecule has 0 aliphatic carbocycles. The Bertz CT molecular complexity index is 524. The fraction of sp³-hybridized carbons (Fsp3) is 0.368. The molecule has 0 amide bonds. The molecule has 0 N–H and O–H groups in total. The van der Waals surface area contributed by atoms with E-state index in [-0.39, 0.29) is 0 Å². The van der Waals surface area contributed by atoms with Gasteiger partial charge in [0.25, 0.3) is 0 Å². The molecule has 0 aromatic heterocycles. The summed E-state index contributed by atoms with van der Waals surface area (Å²) < 4.78 is 0. The third-order valence-corrected chi connectivity index (χ3v) is 2.87. The first-order valence-electron chi connectivity index (χ1n) is 7.03. The minimum absolute atomic E-state index is 0.953. The molecule has 0 spiro atoms. The van der Waals surface area contributed by atoms with Crippen LogP contribution in [0.15, 0.2) is 41.5 Å². The molecule has 0 aliphatic heterocycles. The van der Waals surface area contributed by atoms with Gasteiger partial charge in [-0.3, -0.25) is 0 Å². The molecule has 0 fully saturated rings. The van der Waals surface area contributed by atoms with Gasteiger partial charge >= 0.3 is 0 Å². The molecule has 19 heavy (non-hydrogen) atoms. The van der Waals surface area contributed by atoms with Crippen LogP contribution in [0.25, 0.3) is 0 Å². The molecule has 0 saturated heterocycles. The average molecular weight is 250 g/mol. The summed E-state index contributed by atoms with van der Waals surface area (Å²) in [5, 5.41) is 0. The van der Waals surface area contributed by atoms with Crippen LogP contribution in [0, 0.1) is 23.7 Å². The highest BCUT2D eigenvalue weighted by Crippen LogP contribution is 2.07. The SMILES string of the molecule is CCCCC#C/C(CC)=C(\C)C#Cc1ccccc1. The Hall–Kier alpha value is -1.92. The van der Waals surface area contributed by atoms with Gasteiger partial charge in [0.1, 0.15) is 0 Å². The van der Waals surface area contributed by atoms with E-state index in [0.717, 1.165) is 24.0 Å². The first-order chi connectivity index (χ1) is 9.27. The quantitative estimate of drug-likeness (QED) is 0.525. The van der Waals surface area contributed by atoms with Gasteiger partial charge in [-0.1, -0.05) is 62.1 Å². The third kappa shape index (κ3) is 5.98. The highest BCUT2D eigenvalue weighted by molar-refractivity contribution is 5.46. The maximum atomic E-state index is 3.27. The number of hydrogen-bond donors (Lipinski definition) is 0. The Morgan fingerprint density at radius 3 is 2.42 bits per heavy atom. The van der Waals surface area contributed by atoms with E-state index in [1.54, 1.807) is 0 Å². The van der Waals surface area contributed by atoms with E-state index in [9.17, 15) is 0 Å². The number of benzene rings is 1. The van der Waals surface area contributed by atoms with E-state index in [1.165, 1.54) is 18.4 Å². The molecule has 1 aromatic rings. The highest BCUT2D eigenvalue weighted by Gasteiger charge is 1.93.